The summed E-state index contributed by atoms with van der Waals surface area (Å²) in [6, 6.07) is 0. The lowest BCUT2D eigenvalue weighted by Gasteiger charge is -2.34. The molecule has 2 atom stereocenters. The highest BCUT2D eigenvalue weighted by molar-refractivity contribution is 8.01. The minimum Gasteiger partial charge on any atom is -0.357 e. The first-order valence-corrected chi connectivity index (χ1v) is 10.3. The van der Waals surface area contributed by atoms with E-state index in [9.17, 15) is 4.79 Å². The van der Waals surface area contributed by atoms with Crippen LogP contribution in [0.15, 0.2) is 22.1 Å². The van der Waals surface area contributed by atoms with Gasteiger partial charge in [-0.3, -0.25) is 4.79 Å². The molecule has 2 saturated carbocycles. The van der Waals surface area contributed by atoms with E-state index in [1.54, 1.807) is 6.08 Å². The Morgan fingerprint density at radius 2 is 2.28 bits per heavy atom. The average molecular weight is 380 g/mol. The number of thioether (sulfide) groups is 1. The predicted octanol–water partition coefficient (Wildman–Crippen LogP) is 3.55. The van der Waals surface area contributed by atoms with Gasteiger partial charge in [0.1, 0.15) is 0 Å². The van der Waals surface area contributed by atoms with E-state index < -0.39 is 0 Å². The van der Waals surface area contributed by atoms with Crippen LogP contribution in [-0.4, -0.2) is 34.1 Å². The van der Waals surface area contributed by atoms with Gasteiger partial charge < -0.3 is 5.32 Å². The molecule has 2 aliphatic carbocycles. The van der Waals surface area contributed by atoms with Crippen LogP contribution in [0.1, 0.15) is 40.0 Å². The molecule has 1 heterocycles. The first-order chi connectivity index (χ1) is 11.9. The molecule has 136 valence electrons. The van der Waals surface area contributed by atoms with Crippen LogP contribution in [0.25, 0.3) is 0 Å². The third-order valence-electron chi connectivity index (χ3n) is 5.96. The molecule has 25 heavy (non-hydrogen) atoms. The number of hydrogen-bond donors (Lipinski definition) is 2. The van der Waals surface area contributed by atoms with Crippen LogP contribution in [0.5, 0.6) is 0 Å². The van der Waals surface area contributed by atoms with Gasteiger partial charge >= 0.3 is 0 Å². The number of hydrazone groups is 1. The van der Waals surface area contributed by atoms with E-state index >= 15 is 0 Å². The van der Waals surface area contributed by atoms with Gasteiger partial charge in [-0.1, -0.05) is 49.9 Å². The maximum atomic E-state index is 12.1. The first-order valence-electron chi connectivity index (χ1n) is 8.54. The lowest BCUT2D eigenvalue weighted by atomic mass is 9.70. The number of nitrogens with one attached hydrogen (secondary N) is 2. The summed E-state index contributed by atoms with van der Waals surface area (Å²) in [5, 5.41) is 16.4. The molecular formula is C17H25N5OS2. The van der Waals surface area contributed by atoms with Gasteiger partial charge in [0.2, 0.25) is 5.13 Å². The van der Waals surface area contributed by atoms with E-state index in [4.69, 9.17) is 0 Å². The van der Waals surface area contributed by atoms with E-state index in [-0.39, 0.29) is 22.5 Å². The van der Waals surface area contributed by atoms with Crippen molar-refractivity contribution in [1.29, 1.82) is 0 Å². The average Bonchev–Trinajstić information content (AvgIpc) is 3.18. The molecular weight excluding hydrogens is 354 g/mol. The maximum Gasteiger partial charge on any atom is 0.250 e. The number of rotatable bonds is 7. The third kappa shape index (κ3) is 3.46. The predicted molar refractivity (Wildman–Crippen MR) is 104 cm³/mol. The van der Waals surface area contributed by atoms with Crippen molar-refractivity contribution in [3.8, 4) is 0 Å². The van der Waals surface area contributed by atoms with Crippen molar-refractivity contribution in [2.45, 2.75) is 44.4 Å². The Kier molecular flexibility index (Phi) is 5.20. The Morgan fingerprint density at radius 3 is 2.92 bits per heavy atom. The summed E-state index contributed by atoms with van der Waals surface area (Å²) in [4.78, 5) is 12.1. The van der Waals surface area contributed by atoms with Gasteiger partial charge in [0.05, 0.1) is 5.75 Å². The Labute approximate surface area is 157 Å². The third-order valence-corrected chi connectivity index (χ3v) is 7.97. The lowest BCUT2D eigenvalue weighted by molar-refractivity contribution is -0.118. The molecule has 0 aliphatic heterocycles. The van der Waals surface area contributed by atoms with Crippen LogP contribution >= 0.6 is 23.1 Å². The molecule has 0 radical (unpaired) electrons. The Bertz CT molecular complexity index is 699. The number of nitrogens with zero attached hydrogens (tertiary/aromatic N) is 3. The van der Waals surface area contributed by atoms with E-state index in [1.165, 1.54) is 35.9 Å². The standard InChI is InChI=1S/C17H25N5OS2/c1-5-8-18-14-21-22-15(25-14)24-10-13(23)20-19-12-9-11-6-7-17(12,4)16(11,2)3/h5,11H,1,6-10H2,2-4H3,(H,18,21)(H,20,23)/b19-12+/t11-,17-/m1/s1. The minimum absolute atomic E-state index is 0.0996. The van der Waals surface area contributed by atoms with Crippen molar-refractivity contribution in [2.75, 3.05) is 17.6 Å². The van der Waals surface area contributed by atoms with Crippen molar-refractivity contribution < 1.29 is 4.79 Å². The van der Waals surface area contributed by atoms with Gasteiger partial charge in [0.15, 0.2) is 4.34 Å². The van der Waals surface area contributed by atoms with Gasteiger partial charge in [0.25, 0.3) is 5.91 Å². The largest absolute Gasteiger partial charge is 0.357 e. The molecule has 2 aliphatic rings. The minimum atomic E-state index is -0.0996. The fraction of sp³-hybridized carbons (Fsp3) is 0.647. The molecule has 0 aromatic carbocycles. The summed E-state index contributed by atoms with van der Waals surface area (Å²) in [5.74, 6) is 0.874. The molecule has 0 unspecified atom stereocenters. The SMILES string of the molecule is C=CCNc1nnc(SCC(=O)N/N=C2\C[C@H]3CC[C@@]2(C)C3(C)C)s1. The molecule has 8 heteroatoms. The number of hydrogen-bond acceptors (Lipinski definition) is 7. The highest BCUT2D eigenvalue weighted by Gasteiger charge is 2.59. The van der Waals surface area contributed by atoms with Crippen molar-refractivity contribution >= 4 is 39.8 Å². The molecule has 2 fully saturated rings. The summed E-state index contributed by atoms with van der Waals surface area (Å²) < 4.78 is 0.766. The zero-order chi connectivity index (χ0) is 18.1. The van der Waals surface area contributed by atoms with Crippen LogP contribution in [0.3, 0.4) is 0 Å². The number of carbonyl (C=O) groups is 1. The van der Waals surface area contributed by atoms with Crippen LogP contribution in [0, 0.1) is 16.7 Å². The van der Waals surface area contributed by atoms with E-state index in [0.29, 0.717) is 12.5 Å². The zero-order valence-electron chi connectivity index (χ0n) is 15.0. The second-order valence-electron chi connectivity index (χ2n) is 7.42. The van der Waals surface area contributed by atoms with Crippen molar-refractivity contribution in [3.63, 3.8) is 0 Å². The summed E-state index contributed by atoms with van der Waals surface area (Å²) in [7, 11) is 0. The fourth-order valence-electron chi connectivity index (χ4n) is 3.89. The van der Waals surface area contributed by atoms with Gasteiger partial charge in [-0.05, 0) is 30.6 Å². The van der Waals surface area contributed by atoms with Crippen molar-refractivity contribution in [3.05, 3.63) is 12.7 Å². The summed E-state index contributed by atoms with van der Waals surface area (Å²) >= 11 is 2.81. The molecule has 0 spiro atoms. The van der Waals surface area contributed by atoms with E-state index in [0.717, 1.165) is 21.6 Å². The molecule has 2 bridgehead atoms. The van der Waals surface area contributed by atoms with Crippen LogP contribution in [0.2, 0.25) is 0 Å². The number of amides is 1. The molecule has 1 aromatic heterocycles. The van der Waals surface area contributed by atoms with Gasteiger partial charge in [0, 0.05) is 17.7 Å². The molecule has 1 amide bonds. The van der Waals surface area contributed by atoms with Crippen LogP contribution in [0.4, 0.5) is 5.13 Å². The number of aromatic nitrogens is 2. The second-order valence-corrected chi connectivity index (χ2v) is 9.62. The normalized spacial score (nSPS) is 28.3. The number of fused-ring (bicyclic) bond motifs is 2. The Balaban J connectivity index is 1.50. The number of anilines is 1. The summed E-state index contributed by atoms with van der Waals surface area (Å²) in [5.41, 5.74) is 4.28. The molecule has 2 N–H and O–H groups in total. The fourth-order valence-corrected chi connectivity index (χ4v) is 5.44. The number of carbonyl (C=O) groups excluding carboxylic acids is 1. The lowest BCUT2D eigenvalue weighted by Crippen LogP contribution is -2.34. The smallest absolute Gasteiger partial charge is 0.250 e. The monoisotopic (exact) mass is 379 g/mol. The quantitative estimate of drug-likeness (QED) is 0.430. The summed E-state index contributed by atoms with van der Waals surface area (Å²) in [6.07, 6.45) is 5.20. The molecule has 3 rings (SSSR count). The van der Waals surface area contributed by atoms with Gasteiger partial charge in [-0.25, -0.2) is 5.43 Å². The Hall–Kier alpha value is -1.41. The first kappa shape index (κ1) is 18.4. The summed E-state index contributed by atoms with van der Waals surface area (Å²) in [6.45, 7) is 11.2. The van der Waals surface area contributed by atoms with Crippen LogP contribution in [-0.2, 0) is 4.79 Å². The maximum absolute atomic E-state index is 12.1. The highest BCUT2D eigenvalue weighted by Crippen LogP contribution is 2.63. The van der Waals surface area contributed by atoms with E-state index in [2.05, 4.69) is 53.4 Å². The highest BCUT2D eigenvalue weighted by atomic mass is 32.2. The van der Waals surface area contributed by atoms with Crippen molar-refractivity contribution in [1.82, 2.24) is 15.6 Å². The van der Waals surface area contributed by atoms with Gasteiger partial charge in [-0.15, -0.1) is 16.8 Å². The molecule has 1 aromatic rings. The van der Waals surface area contributed by atoms with Crippen molar-refractivity contribution in [2.24, 2.45) is 21.8 Å². The topological polar surface area (TPSA) is 79.3 Å². The second kappa shape index (κ2) is 7.07. The molecule has 6 nitrogen and oxygen atoms in total. The van der Waals surface area contributed by atoms with Crippen LogP contribution < -0.4 is 10.7 Å². The van der Waals surface area contributed by atoms with Gasteiger partial charge in [-0.2, -0.15) is 5.10 Å². The molecule has 0 saturated heterocycles. The van der Waals surface area contributed by atoms with E-state index in [1.807, 2.05) is 0 Å². The zero-order valence-corrected chi connectivity index (χ0v) is 16.6. The Morgan fingerprint density at radius 1 is 1.48 bits per heavy atom.